The van der Waals surface area contributed by atoms with Crippen molar-refractivity contribution in [3.63, 3.8) is 0 Å². The van der Waals surface area contributed by atoms with Crippen molar-refractivity contribution >= 4 is 15.7 Å². The number of amides is 1. The predicted octanol–water partition coefficient (Wildman–Crippen LogP) is 0.731. The molecule has 3 N–H and O–H groups in total. The number of hydrogen-bond donors (Lipinski definition) is 2. The van der Waals surface area contributed by atoms with E-state index in [-0.39, 0.29) is 29.0 Å². The van der Waals surface area contributed by atoms with Gasteiger partial charge in [-0.3, -0.25) is 4.79 Å². The molecule has 1 aliphatic carbocycles. The van der Waals surface area contributed by atoms with E-state index >= 15 is 0 Å². The fraction of sp³-hybridized carbons (Fsp3) is 0.923. The van der Waals surface area contributed by atoms with Gasteiger partial charge >= 0.3 is 0 Å². The Kier molecular flexibility index (Phi) is 4.50. The first kappa shape index (κ1) is 14.8. The van der Waals surface area contributed by atoms with Crippen LogP contribution in [0.4, 0.5) is 0 Å². The van der Waals surface area contributed by atoms with Crippen LogP contribution in [0.1, 0.15) is 51.4 Å². The smallest absolute Gasteiger partial charge is 0.222 e. The van der Waals surface area contributed by atoms with Gasteiger partial charge in [-0.1, -0.05) is 19.3 Å². The zero-order valence-electron chi connectivity index (χ0n) is 11.4. The molecule has 0 spiro atoms. The van der Waals surface area contributed by atoms with Gasteiger partial charge in [-0.15, -0.1) is 0 Å². The molecule has 2 fully saturated rings. The van der Waals surface area contributed by atoms with E-state index in [1.807, 2.05) is 0 Å². The third kappa shape index (κ3) is 4.45. The van der Waals surface area contributed by atoms with Gasteiger partial charge in [0.25, 0.3) is 0 Å². The van der Waals surface area contributed by atoms with Crippen molar-refractivity contribution in [2.45, 2.75) is 62.9 Å². The zero-order valence-corrected chi connectivity index (χ0v) is 12.2. The van der Waals surface area contributed by atoms with Crippen molar-refractivity contribution in [1.82, 2.24) is 5.32 Å². The summed E-state index contributed by atoms with van der Waals surface area (Å²) in [5.41, 5.74) is 5.91. The van der Waals surface area contributed by atoms with Crippen LogP contribution in [0.3, 0.4) is 0 Å². The van der Waals surface area contributed by atoms with E-state index in [9.17, 15) is 13.2 Å². The van der Waals surface area contributed by atoms with E-state index in [1.54, 1.807) is 0 Å². The van der Waals surface area contributed by atoms with Crippen LogP contribution in [0, 0.1) is 0 Å². The molecule has 0 bridgehead atoms. The van der Waals surface area contributed by atoms with E-state index in [1.165, 1.54) is 6.42 Å². The summed E-state index contributed by atoms with van der Waals surface area (Å²) in [6.07, 6.45) is 6.68. The van der Waals surface area contributed by atoms with Crippen LogP contribution < -0.4 is 11.1 Å². The zero-order chi connectivity index (χ0) is 13.9. The average molecular weight is 288 g/mol. The van der Waals surface area contributed by atoms with Crippen LogP contribution >= 0.6 is 0 Å². The molecule has 2 rings (SSSR count). The summed E-state index contributed by atoms with van der Waals surface area (Å²) in [6.45, 7) is 0. The molecule has 19 heavy (non-hydrogen) atoms. The summed E-state index contributed by atoms with van der Waals surface area (Å²) in [7, 11) is -2.87. The number of sulfone groups is 1. The molecule has 1 aliphatic heterocycles. The highest BCUT2D eigenvalue weighted by Crippen LogP contribution is 2.28. The number of carbonyl (C=O) groups excluding carboxylic acids is 1. The first-order valence-corrected chi connectivity index (χ1v) is 8.99. The molecule has 0 aromatic heterocycles. The largest absolute Gasteiger partial charge is 0.353 e. The molecular formula is C13H24N2O3S. The second-order valence-electron chi connectivity index (χ2n) is 6.09. The summed E-state index contributed by atoms with van der Waals surface area (Å²) in [6, 6.07) is 0.00298. The Morgan fingerprint density at radius 1 is 1.16 bits per heavy atom. The molecule has 0 radical (unpaired) electrons. The normalized spacial score (nSPS) is 26.8. The van der Waals surface area contributed by atoms with Crippen LogP contribution in [-0.4, -0.2) is 37.4 Å². The van der Waals surface area contributed by atoms with Crippen LogP contribution in [0.5, 0.6) is 0 Å². The lowest BCUT2D eigenvalue weighted by molar-refractivity contribution is -0.123. The summed E-state index contributed by atoms with van der Waals surface area (Å²) < 4.78 is 22.6. The van der Waals surface area contributed by atoms with Gasteiger partial charge in [0.05, 0.1) is 11.5 Å². The molecule has 1 saturated carbocycles. The minimum Gasteiger partial charge on any atom is -0.353 e. The van der Waals surface area contributed by atoms with E-state index < -0.39 is 9.84 Å². The van der Waals surface area contributed by atoms with Gasteiger partial charge in [0, 0.05) is 18.0 Å². The van der Waals surface area contributed by atoms with Gasteiger partial charge < -0.3 is 11.1 Å². The molecule has 5 nitrogen and oxygen atoms in total. The van der Waals surface area contributed by atoms with Crippen LogP contribution in [-0.2, 0) is 14.6 Å². The summed E-state index contributed by atoms with van der Waals surface area (Å²) in [5.74, 6) is 0.353. The highest BCUT2D eigenvalue weighted by atomic mass is 32.2. The fourth-order valence-corrected chi connectivity index (χ4v) is 4.56. The van der Waals surface area contributed by atoms with Crippen molar-refractivity contribution in [3.8, 4) is 0 Å². The number of nitrogens with two attached hydrogens (primary N) is 1. The SMILES string of the molecule is NC1(CC(=O)NC2CCS(=O)(=O)CC2)CCCCC1. The molecule has 1 saturated heterocycles. The molecular weight excluding hydrogens is 264 g/mol. The van der Waals surface area contributed by atoms with Crippen molar-refractivity contribution < 1.29 is 13.2 Å². The molecule has 1 amide bonds. The lowest BCUT2D eigenvalue weighted by atomic mass is 9.80. The Morgan fingerprint density at radius 3 is 2.32 bits per heavy atom. The summed E-state index contributed by atoms with van der Waals surface area (Å²) in [5, 5.41) is 2.95. The van der Waals surface area contributed by atoms with E-state index in [0.29, 0.717) is 19.3 Å². The number of hydrogen-bond acceptors (Lipinski definition) is 4. The molecule has 0 aromatic carbocycles. The van der Waals surface area contributed by atoms with Gasteiger partial charge in [-0.25, -0.2) is 8.42 Å². The van der Waals surface area contributed by atoms with Gasteiger partial charge in [0.2, 0.25) is 5.91 Å². The van der Waals surface area contributed by atoms with Gasteiger partial charge in [0.15, 0.2) is 0 Å². The van der Waals surface area contributed by atoms with Crippen LogP contribution in [0.15, 0.2) is 0 Å². The quantitative estimate of drug-likeness (QED) is 0.801. The highest BCUT2D eigenvalue weighted by molar-refractivity contribution is 7.91. The van der Waals surface area contributed by atoms with Gasteiger partial charge in [-0.05, 0) is 25.7 Å². The van der Waals surface area contributed by atoms with Crippen molar-refractivity contribution in [2.75, 3.05) is 11.5 Å². The Balaban J connectivity index is 1.78. The number of carbonyl (C=O) groups is 1. The molecule has 0 aromatic rings. The molecule has 0 unspecified atom stereocenters. The average Bonchev–Trinajstić information content (AvgIpc) is 2.32. The first-order valence-electron chi connectivity index (χ1n) is 7.17. The maximum Gasteiger partial charge on any atom is 0.222 e. The Bertz CT molecular complexity index is 413. The minimum atomic E-state index is -2.87. The van der Waals surface area contributed by atoms with Gasteiger partial charge in [-0.2, -0.15) is 0 Å². The van der Waals surface area contributed by atoms with Gasteiger partial charge in [0.1, 0.15) is 9.84 Å². The monoisotopic (exact) mass is 288 g/mol. The maximum absolute atomic E-state index is 12.0. The lowest BCUT2D eigenvalue weighted by Gasteiger charge is -2.33. The summed E-state index contributed by atoms with van der Waals surface area (Å²) >= 11 is 0. The lowest BCUT2D eigenvalue weighted by Crippen LogP contribution is -2.48. The van der Waals surface area contributed by atoms with E-state index in [2.05, 4.69) is 5.32 Å². The predicted molar refractivity (Wildman–Crippen MR) is 74.4 cm³/mol. The van der Waals surface area contributed by atoms with E-state index in [4.69, 9.17) is 5.73 Å². The molecule has 6 heteroatoms. The molecule has 2 aliphatic rings. The topological polar surface area (TPSA) is 89.3 Å². The number of rotatable bonds is 3. The molecule has 0 atom stereocenters. The van der Waals surface area contributed by atoms with Crippen molar-refractivity contribution in [1.29, 1.82) is 0 Å². The third-order valence-electron chi connectivity index (χ3n) is 4.28. The summed E-state index contributed by atoms with van der Waals surface area (Å²) in [4.78, 5) is 12.0. The van der Waals surface area contributed by atoms with Crippen LogP contribution in [0.2, 0.25) is 0 Å². The van der Waals surface area contributed by atoms with E-state index in [0.717, 1.165) is 25.7 Å². The Labute approximate surface area is 115 Å². The molecule has 1 heterocycles. The number of nitrogens with one attached hydrogen (secondary N) is 1. The Morgan fingerprint density at radius 2 is 1.74 bits per heavy atom. The molecule has 110 valence electrons. The Hall–Kier alpha value is -0.620. The highest BCUT2D eigenvalue weighted by Gasteiger charge is 2.31. The standard InChI is InChI=1S/C13H24N2O3S/c14-13(6-2-1-3-7-13)10-12(16)15-11-4-8-19(17,18)9-5-11/h11H,1-10,14H2,(H,15,16). The minimum absolute atomic E-state index is 0.00298. The maximum atomic E-state index is 12.0. The first-order chi connectivity index (χ1) is 8.89. The second-order valence-corrected chi connectivity index (χ2v) is 8.40. The van der Waals surface area contributed by atoms with Crippen molar-refractivity contribution in [3.05, 3.63) is 0 Å². The second kappa shape index (κ2) is 5.79. The van der Waals surface area contributed by atoms with Crippen molar-refractivity contribution in [2.24, 2.45) is 5.73 Å². The van der Waals surface area contributed by atoms with Crippen LogP contribution in [0.25, 0.3) is 0 Å². The fourth-order valence-electron chi connectivity index (χ4n) is 3.07. The third-order valence-corrected chi connectivity index (χ3v) is 6.00.